The van der Waals surface area contributed by atoms with Crippen molar-refractivity contribution in [2.45, 2.75) is 29.7 Å². The largest absolute Gasteiger partial charge is 0.507 e. The number of aliphatic hydroxyl groups is 1. The van der Waals surface area contributed by atoms with E-state index in [1.807, 2.05) is 43.3 Å². The van der Waals surface area contributed by atoms with Crippen molar-refractivity contribution in [3.63, 3.8) is 0 Å². The Labute approximate surface area is 279 Å². The molecule has 0 bridgehead atoms. The molecule has 47 heavy (non-hydrogen) atoms. The first kappa shape index (κ1) is 30.5. The zero-order chi connectivity index (χ0) is 32.3. The number of aliphatic hydroxyl groups excluding tert-OH is 1. The summed E-state index contributed by atoms with van der Waals surface area (Å²) >= 11 is 2.72. The molecule has 1 amide bonds. The monoisotopic (exact) mass is 663 g/mol. The predicted molar refractivity (Wildman–Crippen MR) is 180 cm³/mol. The summed E-state index contributed by atoms with van der Waals surface area (Å²) in [5.41, 5.74) is 4.11. The van der Waals surface area contributed by atoms with Crippen LogP contribution in [0.2, 0.25) is 0 Å². The molecule has 4 aromatic carbocycles. The van der Waals surface area contributed by atoms with E-state index in [-0.39, 0.29) is 16.5 Å². The van der Waals surface area contributed by atoms with Gasteiger partial charge in [0.25, 0.3) is 5.78 Å². The fourth-order valence-electron chi connectivity index (χ4n) is 5.39. The van der Waals surface area contributed by atoms with E-state index in [2.05, 4.69) is 34.5 Å². The number of aromatic nitrogens is 2. The summed E-state index contributed by atoms with van der Waals surface area (Å²) in [6.45, 7) is 3.15. The number of ketones is 1. The maximum atomic E-state index is 13.8. The third-order valence-corrected chi connectivity index (χ3v) is 9.89. The van der Waals surface area contributed by atoms with Crippen LogP contribution in [-0.4, -0.2) is 40.2 Å². The number of aryl methyl sites for hydroxylation is 1. The molecule has 1 atom stereocenters. The number of thioether (sulfide) groups is 1. The van der Waals surface area contributed by atoms with Gasteiger partial charge in [-0.2, -0.15) is 0 Å². The molecule has 1 aromatic heterocycles. The Hall–Kier alpha value is -5.13. The third kappa shape index (κ3) is 6.45. The van der Waals surface area contributed by atoms with Crippen LogP contribution in [0, 0.1) is 6.92 Å². The average molecular weight is 664 g/mol. The van der Waals surface area contributed by atoms with Gasteiger partial charge in [-0.1, -0.05) is 95.4 Å². The fourth-order valence-corrected chi connectivity index (χ4v) is 7.22. The predicted octanol–water partition coefficient (Wildman–Crippen LogP) is 7.12. The second kappa shape index (κ2) is 13.3. The zero-order valence-corrected chi connectivity index (χ0v) is 26.9. The topological polar surface area (TPSA) is 111 Å². The quantitative estimate of drug-likeness (QED) is 0.0580. The first-order valence-electron chi connectivity index (χ1n) is 14.9. The SMILES string of the molecule is Cc1ccc(CSc2nnc(N3C(=O)C(=O)C(=C(O)c4ccc5c(c4)OCCO5)C3c3cccc(OCc4ccccc4)c3)s2)cc1. The van der Waals surface area contributed by atoms with Crippen molar-refractivity contribution < 1.29 is 28.9 Å². The molecule has 0 aliphatic carbocycles. The van der Waals surface area contributed by atoms with Crippen molar-refractivity contribution in [1.29, 1.82) is 0 Å². The summed E-state index contributed by atoms with van der Waals surface area (Å²) in [6, 6.07) is 29.1. The number of hydrogen-bond acceptors (Lipinski definition) is 10. The number of fused-ring (bicyclic) bond motifs is 1. The minimum absolute atomic E-state index is 0.0732. The van der Waals surface area contributed by atoms with Gasteiger partial charge in [0.1, 0.15) is 31.3 Å². The first-order valence-corrected chi connectivity index (χ1v) is 16.7. The van der Waals surface area contributed by atoms with Gasteiger partial charge in [0.05, 0.1) is 11.6 Å². The highest BCUT2D eigenvalue weighted by Crippen LogP contribution is 2.45. The third-order valence-electron chi connectivity index (χ3n) is 7.77. The molecular weight excluding hydrogens is 635 g/mol. The lowest BCUT2D eigenvalue weighted by molar-refractivity contribution is -0.132. The molecule has 3 heterocycles. The minimum atomic E-state index is -0.994. The van der Waals surface area contributed by atoms with E-state index in [0.717, 1.165) is 11.1 Å². The Kier molecular flexibility index (Phi) is 8.64. The van der Waals surface area contributed by atoms with Crippen LogP contribution >= 0.6 is 23.1 Å². The Morgan fingerprint density at radius 3 is 2.51 bits per heavy atom. The highest BCUT2D eigenvalue weighted by molar-refractivity contribution is 8.00. The summed E-state index contributed by atoms with van der Waals surface area (Å²) in [5.74, 6) is 0.226. The van der Waals surface area contributed by atoms with E-state index >= 15 is 0 Å². The second-order valence-electron chi connectivity index (χ2n) is 11.0. The van der Waals surface area contributed by atoms with Crippen LogP contribution in [0.1, 0.15) is 33.9 Å². The fraction of sp³-hybridized carbons (Fsp3) is 0.167. The lowest BCUT2D eigenvalue weighted by Crippen LogP contribution is -2.29. The second-order valence-corrected chi connectivity index (χ2v) is 13.2. The highest BCUT2D eigenvalue weighted by atomic mass is 32.2. The molecule has 1 N–H and O–H groups in total. The molecular formula is C36H29N3O6S2. The zero-order valence-electron chi connectivity index (χ0n) is 25.3. The molecule has 5 aromatic rings. The standard InChI is InChI=1S/C36H29N3O6S2/c1-22-10-12-24(13-11-22)21-46-36-38-37-35(47-36)39-31(25-8-5-9-27(18-25)45-20-23-6-3-2-4-7-23)30(33(41)34(39)42)32(40)26-14-15-28-29(19-26)44-17-16-43-28/h2-15,18-19,31,40H,16-17,20-21H2,1H3. The maximum Gasteiger partial charge on any atom is 0.301 e. The molecule has 1 unspecified atom stereocenters. The molecule has 1 saturated heterocycles. The molecule has 2 aliphatic rings. The van der Waals surface area contributed by atoms with Gasteiger partial charge in [-0.3, -0.25) is 14.5 Å². The lowest BCUT2D eigenvalue weighted by atomic mass is 9.95. The number of ether oxygens (including phenoxy) is 3. The van der Waals surface area contributed by atoms with Crippen molar-refractivity contribution in [3.8, 4) is 17.2 Å². The molecule has 7 rings (SSSR count). The molecule has 2 aliphatic heterocycles. The first-order chi connectivity index (χ1) is 22.9. The van der Waals surface area contributed by atoms with Gasteiger partial charge in [0, 0.05) is 11.3 Å². The number of hydrogen-bond donors (Lipinski definition) is 1. The number of carbonyl (C=O) groups is 2. The number of benzene rings is 4. The van der Waals surface area contributed by atoms with Gasteiger partial charge >= 0.3 is 5.91 Å². The van der Waals surface area contributed by atoms with E-state index in [0.29, 0.717) is 58.3 Å². The molecule has 0 radical (unpaired) electrons. The van der Waals surface area contributed by atoms with E-state index < -0.39 is 17.7 Å². The smallest absolute Gasteiger partial charge is 0.301 e. The summed E-state index contributed by atoms with van der Waals surface area (Å²) in [6.07, 6.45) is 0. The number of Topliss-reactive ketones (excluding diaryl/α,β-unsaturated/α-hetero) is 1. The number of nitrogens with zero attached hydrogens (tertiary/aromatic N) is 3. The summed E-state index contributed by atoms with van der Waals surface area (Å²) in [5, 5.41) is 20.6. The Morgan fingerprint density at radius 2 is 1.70 bits per heavy atom. The number of rotatable bonds is 9. The summed E-state index contributed by atoms with van der Waals surface area (Å²) in [7, 11) is 0. The van der Waals surface area contributed by atoms with Gasteiger partial charge in [0.15, 0.2) is 15.8 Å². The Bertz CT molecular complexity index is 1980. The van der Waals surface area contributed by atoms with Crippen LogP contribution in [0.5, 0.6) is 17.2 Å². The highest BCUT2D eigenvalue weighted by Gasteiger charge is 2.48. The van der Waals surface area contributed by atoms with Crippen LogP contribution in [0.4, 0.5) is 5.13 Å². The van der Waals surface area contributed by atoms with Crippen LogP contribution < -0.4 is 19.1 Å². The molecule has 9 nitrogen and oxygen atoms in total. The van der Waals surface area contributed by atoms with Crippen molar-refractivity contribution in [1.82, 2.24) is 10.2 Å². The number of anilines is 1. The maximum absolute atomic E-state index is 13.8. The Balaban J connectivity index is 1.25. The van der Waals surface area contributed by atoms with Crippen molar-refractivity contribution in [2.24, 2.45) is 0 Å². The van der Waals surface area contributed by atoms with Crippen molar-refractivity contribution in [3.05, 3.63) is 130 Å². The molecule has 11 heteroatoms. The van der Waals surface area contributed by atoms with Gasteiger partial charge in [-0.25, -0.2) is 0 Å². The van der Waals surface area contributed by atoms with E-state index in [1.165, 1.54) is 33.6 Å². The Morgan fingerprint density at radius 1 is 0.915 bits per heavy atom. The van der Waals surface area contributed by atoms with E-state index in [4.69, 9.17) is 14.2 Å². The van der Waals surface area contributed by atoms with Gasteiger partial charge < -0.3 is 19.3 Å². The lowest BCUT2D eigenvalue weighted by Gasteiger charge is -2.23. The average Bonchev–Trinajstić information content (AvgIpc) is 3.68. The van der Waals surface area contributed by atoms with Crippen LogP contribution in [0.15, 0.2) is 107 Å². The van der Waals surface area contributed by atoms with Crippen LogP contribution in [0.25, 0.3) is 5.76 Å². The van der Waals surface area contributed by atoms with E-state index in [9.17, 15) is 14.7 Å². The van der Waals surface area contributed by atoms with Crippen molar-refractivity contribution in [2.75, 3.05) is 18.1 Å². The minimum Gasteiger partial charge on any atom is -0.507 e. The van der Waals surface area contributed by atoms with Gasteiger partial charge in [-0.15, -0.1) is 10.2 Å². The summed E-state index contributed by atoms with van der Waals surface area (Å²) in [4.78, 5) is 28.9. The molecule has 236 valence electrons. The molecule has 1 fully saturated rings. The van der Waals surface area contributed by atoms with Gasteiger partial charge in [0.2, 0.25) is 5.13 Å². The van der Waals surface area contributed by atoms with Crippen molar-refractivity contribution >= 4 is 45.7 Å². The van der Waals surface area contributed by atoms with E-state index in [1.54, 1.807) is 36.4 Å². The van der Waals surface area contributed by atoms with Gasteiger partial charge in [-0.05, 0) is 53.9 Å². The van der Waals surface area contributed by atoms with Crippen LogP contribution in [0.3, 0.4) is 0 Å². The van der Waals surface area contributed by atoms with Crippen LogP contribution in [-0.2, 0) is 21.9 Å². The number of amides is 1. The number of carbonyl (C=O) groups excluding carboxylic acids is 2. The molecule has 0 spiro atoms. The molecule has 0 saturated carbocycles. The normalized spacial score (nSPS) is 16.8. The summed E-state index contributed by atoms with van der Waals surface area (Å²) < 4.78 is 18.1.